The number of nitrogens with zero attached hydrogens (tertiary/aromatic N) is 3. The molecule has 1 aliphatic heterocycles. The molecule has 0 amide bonds. The van der Waals surface area contributed by atoms with E-state index in [2.05, 4.69) is 20.2 Å². The van der Waals surface area contributed by atoms with Gasteiger partial charge in [-0.1, -0.05) is 11.6 Å². The van der Waals surface area contributed by atoms with Crippen molar-refractivity contribution < 1.29 is 14.3 Å². The number of piperidine rings is 1. The Morgan fingerprint density at radius 2 is 2.35 bits per heavy atom. The number of pyridine rings is 1. The van der Waals surface area contributed by atoms with Crippen molar-refractivity contribution >= 4 is 23.5 Å². The number of aliphatic imine (C=N–C) groups is 1. The highest BCUT2D eigenvalue weighted by atomic mass is 35.5. The molecule has 0 unspecified atom stereocenters. The van der Waals surface area contributed by atoms with Gasteiger partial charge in [0.25, 0.3) is 0 Å². The van der Waals surface area contributed by atoms with Crippen LogP contribution in [0.1, 0.15) is 26.7 Å². The van der Waals surface area contributed by atoms with Gasteiger partial charge in [0.15, 0.2) is 5.96 Å². The van der Waals surface area contributed by atoms with E-state index in [0.29, 0.717) is 37.2 Å². The molecule has 1 atom stereocenters. The molecule has 2 rings (SSSR count). The third-order valence-electron chi connectivity index (χ3n) is 3.99. The van der Waals surface area contributed by atoms with Crippen LogP contribution >= 0.6 is 11.6 Å². The molecular weight excluding hydrogens is 356 g/mol. The van der Waals surface area contributed by atoms with Crippen LogP contribution in [-0.4, -0.2) is 61.2 Å². The smallest absolute Gasteiger partial charge is 0.310 e. The Kier molecular flexibility index (Phi) is 8.47. The number of halogens is 1. The molecule has 1 saturated heterocycles. The second-order valence-electron chi connectivity index (χ2n) is 5.91. The predicted octanol–water partition coefficient (Wildman–Crippen LogP) is 2.35. The van der Waals surface area contributed by atoms with Gasteiger partial charge in [0.2, 0.25) is 5.88 Å². The van der Waals surface area contributed by atoms with Gasteiger partial charge in [-0.05, 0) is 38.8 Å². The minimum absolute atomic E-state index is 0.101. The summed E-state index contributed by atoms with van der Waals surface area (Å²) in [6.45, 7) is 7.36. The van der Waals surface area contributed by atoms with E-state index >= 15 is 0 Å². The molecule has 2 heterocycles. The molecule has 0 saturated carbocycles. The second-order valence-corrected chi connectivity index (χ2v) is 6.32. The number of esters is 1. The average Bonchev–Trinajstić information content (AvgIpc) is 2.66. The van der Waals surface area contributed by atoms with E-state index in [0.717, 1.165) is 31.9 Å². The summed E-state index contributed by atoms with van der Waals surface area (Å²) in [6.07, 6.45) is 3.43. The van der Waals surface area contributed by atoms with E-state index < -0.39 is 0 Å². The Hall–Kier alpha value is -2.02. The lowest BCUT2D eigenvalue weighted by Gasteiger charge is -2.34. The number of hydrogen-bond acceptors (Lipinski definition) is 5. The van der Waals surface area contributed by atoms with Crippen molar-refractivity contribution in [2.24, 2.45) is 10.9 Å². The number of likely N-dealkylation sites (tertiary alicyclic amines) is 1. The summed E-state index contributed by atoms with van der Waals surface area (Å²) in [7, 11) is 0. The fourth-order valence-corrected chi connectivity index (χ4v) is 3.00. The van der Waals surface area contributed by atoms with Gasteiger partial charge >= 0.3 is 5.97 Å². The van der Waals surface area contributed by atoms with Gasteiger partial charge in [-0.3, -0.25) is 4.79 Å². The van der Waals surface area contributed by atoms with Crippen LogP contribution in [0.25, 0.3) is 0 Å². The van der Waals surface area contributed by atoms with Gasteiger partial charge in [0.05, 0.1) is 19.1 Å². The van der Waals surface area contributed by atoms with Crippen LogP contribution in [0.3, 0.4) is 0 Å². The minimum atomic E-state index is -0.124. The van der Waals surface area contributed by atoms with Crippen LogP contribution in [-0.2, 0) is 9.53 Å². The fraction of sp³-hybridized carbons (Fsp3) is 0.611. The van der Waals surface area contributed by atoms with Crippen LogP contribution in [0.5, 0.6) is 5.88 Å². The zero-order valence-corrected chi connectivity index (χ0v) is 16.2. The molecule has 7 nitrogen and oxygen atoms in total. The van der Waals surface area contributed by atoms with Gasteiger partial charge in [0, 0.05) is 25.8 Å². The summed E-state index contributed by atoms with van der Waals surface area (Å²) in [6, 6.07) is 3.49. The van der Waals surface area contributed by atoms with Crippen LogP contribution < -0.4 is 10.1 Å². The van der Waals surface area contributed by atoms with Crippen molar-refractivity contribution in [3.05, 3.63) is 23.4 Å². The third-order valence-corrected chi connectivity index (χ3v) is 4.28. The number of nitrogens with one attached hydrogen (secondary N) is 1. The van der Waals surface area contributed by atoms with Crippen LogP contribution in [0, 0.1) is 5.92 Å². The SMILES string of the molecule is CCNC(=NCCOc1ncccc1Cl)N1CCC[C@H](C(=O)OCC)C1. The van der Waals surface area contributed by atoms with Crippen molar-refractivity contribution in [2.75, 3.05) is 39.4 Å². The number of carbonyl (C=O) groups excluding carboxylic acids is 1. The number of ether oxygens (including phenoxy) is 2. The van der Waals surface area contributed by atoms with Crippen molar-refractivity contribution in [3.8, 4) is 5.88 Å². The summed E-state index contributed by atoms with van der Waals surface area (Å²) in [5.41, 5.74) is 0. The maximum absolute atomic E-state index is 12.0. The molecule has 0 bridgehead atoms. The summed E-state index contributed by atoms with van der Waals surface area (Å²) >= 11 is 6.02. The first-order valence-corrected chi connectivity index (χ1v) is 9.46. The molecule has 8 heteroatoms. The second kappa shape index (κ2) is 10.9. The monoisotopic (exact) mass is 382 g/mol. The van der Waals surface area contributed by atoms with E-state index in [4.69, 9.17) is 21.1 Å². The van der Waals surface area contributed by atoms with Crippen molar-refractivity contribution in [3.63, 3.8) is 0 Å². The summed E-state index contributed by atoms with van der Waals surface area (Å²) in [5, 5.41) is 3.76. The number of carbonyl (C=O) groups is 1. The van der Waals surface area contributed by atoms with Crippen molar-refractivity contribution in [2.45, 2.75) is 26.7 Å². The molecule has 26 heavy (non-hydrogen) atoms. The quantitative estimate of drug-likeness (QED) is 0.337. The van der Waals surface area contributed by atoms with Gasteiger partial charge in [0.1, 0.15) is 11.6 Å². The lowest BCUT2D eigenvalue weighted by atomic mass is 9.98. The fourth-order valence-electron chi connectivity index (χ4n) is 2.82. The van der Waals surface area contributed by atoms with Crippen LogP contribution in [0.4, 0.5) is 0 Å². The Morgan fingerprint density at radius 1 is 1.50 bits per heavy atom. The Balaban J connectivity index is 1.90. The maximum atomic E-state index is 12.0. The number of guanidine groups is 1. The average molecular weight is 383 g/mol. The third kappa shape index (κ3) is 6.05. The van der Waals surface area contributed by atoms with E-state index in [1.165, 1.54) is 0 Å². The minimum Gasteiger partial charge on any atom is -0.475 e. The molecule has 144 valence electrons. The van der Waals surface area contributed by atoms with E-state index in [1.807, 2.05) is 13.8 Å². The highest BCUT2D eigenvalue weighted by Gasteiger charge is 2.28. The van der Waals surface area contributed by atoms with Gasteiger partial charge in [-0.15, -0.1) is 0 Å². The number of aromatic nitrogens is 1. The molecule has 1 N–H and O–H groups in total. The molecule has 1 aromatic heterocycles. The van der Waals surface area contributed by atoms with E-state index in [1.54, 1.807) is 18.3 Å². The Labute approximate surface area is 159 Å². The Bertz CT molecular complexity index is 612. The molecule has 0 radical (unpaired) electrons. The van der Waals surface area contributed by atoms with Gasteiger partial charge in [-0.25, -0.2) is 9.98 Å². The molecule has 1 aliphatic rings. The topological polar surface area (TPSA) is 76.1 Å². The number of rotatable bonds is 7. The van der Waals surface area contributed by atoms with Crippen LogP contribution in [0.2, 0.25) is 5.02 Å². The molecule has 0 spiro atoms. The largest absolute Gasteiger partial charge is 0.475 e. The summed E-state index contributed by atoms with van der Waals surface area (Å²) in [5.74, 6) is 0.976. The summed E-state index contributed by atoms with van der Waals surface area (Å²) < 4.78 is 10.7. The number of hydrogen-bond donors (Lipinski definition) is 1. The first kappa shape index (κ1) is 20.3. The first-order chi connectivity index (χ1) is 12.7. The zero-order chi connectivity index (χ0) is 18.8. The maximum Gasteiger partial charge on any atom is 0.310 e. The normalized spacial score (nSPS) is 17.7. The van der Waals surface area contributed by atoms with Gasteiger partial charge < -0.3 is 19.7 Å². The molecule has 0 aliphatic carbocycles. The first-order valence-electron chi connectivity index (χ1n) is 9.08. The molecule has 1 fully saturated rings. The lowest BCUT2D eigenvalue weighted by Crippen LogP contribution is -2.48. The highest BCUT2D eigenvalue weighted by molar-refractivity contribution is 6.31. The zero-order valence-electron chi connectivity index (χ0n) is 15.4. The summed E-state index contributed by atoms with van der Waals surface area (Å²) in [4.78, 5) is 22.8. The predicted molar refractivity (Wildman–Crippen MR) is 102 cm³/mol. The van der Waals surface area contributed by atoms with Crippen LogP contribution in [0.15, 0.2) is 23.3 Å². The standard InChI is InChI=1S/C18H27ClN4O3/c1-3-20-18(22-10-12-26-16-15(19)8-5-9-21-16)23-11-6-7-14(13-23)17(24)25-4-2/h5,8-9,14H,3-4,6-7,10-13H2,1-2H3,(H,20,22)/t14-/m0/s1. The molecule has 0 aromatic carbocycles. The highest BCUT2D eigenvalue weighted by Crippen LogP contribution is 2.20. The lowest BCUT2D eigenvalue weighted by molar-refractivity contribution is -0.149. The van der Waals surface area contributed by atoms with Crippen molar-refractivity contribution in [1.82, 2.24) is 15.2 Å². The van der Waals surface area contributed by atoms with E-state index in [-0.39, 0.29) is 11.9 Å². The Morgan fingerprint density at radius 3 is 3.08 bits per heavy atom. The molecular formula is C18H27ClN4O3. The molecule has 1 aromatic rings. The van der Waals surface area contributed by atoms with Gasteiger partial charge in [-0.2, -0.15) is 0 Å². The van der Waals surface area contributed by atoms with E-state index in [9.17, 15) is 4.79 Å². The van der Waals surface area contributed by atoms with Crippen molar-refractivity contribution in [1.29, 1.82) is 0 Å².